The molecule has 64 valence electrons. The van der Waals surface area contributed by atoms with Crippen molar-refractivity contribution in [2.45, 2.75) is 12.2 Å². The van der Waals surface area contributed by atoms with Gasteiger partial charge in [-0.1, -0.05) is 0 Å². The number of aliphatic hydroxyl groups excluding tert-OH is 2. The topological polar surface area (TPSA) is 86.8 Å². The molecular weight excluding hydrogens is 148 g/mol. The molecular formula is C6H12N2O3. The van der Waals surface area contributed by atoms with Gasteiger partial charge in [-0.25, -0.2) is 0 Å². The molecule has 1 aliphatic rings. The highest BCUT2D eigenvalue weighted by molar-refractivity contribution is 5.78. The number of nitrogens with zero attached hydrogens (tertiary/aromatic N) is 1. The highest BCUT2D eigenvalue weighted by Gasteiger charge is 2.31. The van der Waals surface area contributed by atoms with Crippen LogP contribution < -0.4 is 5.73 Å². The summed E-state index contributed by atoms with van der Waals surface area (Å²) in [5.41, 5.74) is 5.09. The number of rotatable bonds is 1. The lowest BCUT2D eigenvalue weighted by molar-refractivity contribution is -0.129. The van der Waals surface area contributed by atoms with E-state index in [2.05, 4.69) is 0 Å². The van der Waals surface area contributed by atoms with Crippen molar-refractivity contribution >= 4 is 5.91 Å². The number of β-amino-alcohol motifs (C(OH)–C–C–N with tert-alkyl or cyclic N) is 2. The molecule has 5 heteroatoms. The van der Waals surface area contributed by atoms with E-state index in [1.807, 2.05) is 0 Å². The van der Waals surface area contributed by atoms with E-state index >= 15 is 0 Å². The second-order valence-corrected chi connectivity index (χ2v) is 2.64. The predicted octanol–water partition coefficient (Wildman–Crippen LogP) is -2.49. The number of nitrogens with two attached hydrogens (primary N) is 1. The molecule has 1 fully saturated rings. The van der Waals surface area contributed by atoms with E-state index < -0.39 is 12.2 Å². The molecule has 0 bridgehead atoms. The van der Waals surface area contributed by atoms with E-state index in [0.29, 0.717) is 0 Å². The molecule has 2 atom stereocenters. The number of hydrogen-bond acceptors (Lipinski definition) is 4. The first-order valence-corrected chi connectivity index (χ1v) is 3.49. The van der Waals surface area contributed by atoms with Crippen molar-refractivity contribution in [2.75, 3.05) is 19.6 Å². The van der Waals surface area contributed by atoms with Gasteiger partial charge in [0.05, 0.1) is 18.8 Å². The van der Waals surface area contributed by atoms with Crippen molar-refractivity contribution in [1.82, 2.24) is 4.90 Å². The van der Waals surface area contributed by atoms with E-state index in [9.17, 15) is 4.79 Å². The zero-order valence-electron chi connectivity index (χ0n) is 6.10. The van der Waals surface area contributed by atoms with Crippen molar-refractivity contribution in [3.63, 3.8) is 0 Å². The molecule has 1 saturated heterocycles. The number of likely N-dealkylation sites (tertiary alicyclic amines) is 1. The van der Waals surface area contributed by atoms with Crippen LogP contribution in [0.1, 0.15) is 0 Å². The number of carbonyl (C=O) groups is 1. The summed E-state index contributed by atoms with van der Waals surface area (Å²) in [6.45, 7) is 0.313. The quantitative estimate of drug-likeness (QED) is 0.396. The van der Waals surface area contributed by atoms with Gasteiger partial charge in [-0.05, 0) is 0 Å². The molecule has 1 aliphatic heterocycles. The Morgan fingerprint density at radius 2 is 1.91 bits per heavy atom. The van der Waals surface area contributed by atoms with Gasteiger partial charge >= 0.3 is 0 Å². The fourth-order valence-electron chi connectivity index (χ4n) is 1.10. The number of amides is 1. The Bertz CT molecular complexity index is 152. The lowest BCUT2D eigenvalue weighted by atomic mass is 10.3. The zero-order valence-corrected chi connectivity index (χ0v) is 6.10. The number of aliphatic hydroxyl groups is 2. The Morgan fingerprint density at radius 1 is 1.45 bits per heavy atom. The smallest absolute Gasteiger partial charge is 0.236 e. The molecule has 0 aliphatic carbocycles. The van der Waals surface area contributed by atoms with Crippen molar-refractivity contribution in [3.8, 4) is 0 Å². The van der Waals surface area contributed by atoms with Crippen LogP contribution in [0.5, 0.6) is 0 Å². The van der Waals surface area contributed by atoms with Crippen LogP contribution in [-0.2, 0) is 4.79 Å². The zero-order chi connectivity index (χ0) is 8.43. The predicted molar refractivity (Wildman–Crippen MR) is 37.6 cm³/mol. The normalized spacial score (nSPS) is 31.0. The van der Waals surface area contributed by atoms with Gasteiger partial charge in [0.1, 0.15) is 0 Å². The van der Waals surface area contributed by atoms with Gasteiger partial charge in [0.2, 0.25) is 5.91 Å². The maximum Gasteiger partial charge on any atom is 0.236 e. The van der Waals surface area contributed by atoms with Crippen molar-refractivity contribution in [1.29, 1.82) is 0 Å². The fraction of sp³-hybridized carbons (Fsp3) is 0.833. The van der Waals surface area contributed by atoms with E-state index in [-0.39, 0.29) is 25.5 Å². The Labute approximate surface area is 64.4 Å². The van der Waals surface area contributed by atoms with Crippen LogP contribution in [0.15, 0.2) is 0 Å². The summed E-state index contributed by atoms with van der Waals surface area (Å²) in [6, 6.07) is 0. The summed E-state index contributed by atoms with van der Waals surface area (Å²) in [6.07, 6.45) is -1.63. The second kappa shape index (κ2) is 3.17. The van der Waals surface area contributed by atoms with Gasteiger partial charge in [-0.3, -0.25) is 4.79 Å². The molecule has 1 amide bonds. The van der Waals surface area contributed by atoms with Crippen molar-refractivity contribution in [2.24, 2.45) is 5.73 Å². The Morgan fingerprint density at radius 3 is 2.27 bits per heavy atom. The maximum absolute atomic E-state index is 10.9. The van der Waals surface area contributed by atoms with Gasteiger partial charge in [0, 0.05) is 13.1 Å². The summed E-state index contributed by atoms with van der Waals surface area (Å²) in [4.78, 5) is 12.2. The van der Waals surface area contributed by atoms with Crippen LogP contribution in [0.2, 0.25) is 0 Å². The minimum Gasteiger partial charge on any atom is -0.388 e. The average molecular weight is 160 g/mol. The number of carbonyl (C=O) groups excluding carboxylic acids is 1. The third-order valence-electron chi connectivity index (χ3n) is 1.79. The fourth-order valence-corrected chi connectivity index (χ4v) is 1.10. The molecule has 4 N–H and O–H groups in total. The molecule has 1 rings (SSSR count). The molecule has 1 heterocycles. The van der Waals surface area contributed by atoms with E-state index in [1.54, 1.807) is 0 Å². The van der Waals surface area contributed by atoms with Crippen LogP contribution in [0.3, 0.4) is 0 Å². The second-order valence-electron chi connectivity index (χ2n) is 2.64. The first-order chi connectivity index (χ1) is 5.15. The molecule has 0 aromatic heterocycles. The first-order valence-electron chi connectivity index (χ1n) is 3.49. The van der Waals surface area contributed by atoms with Crippen molar-refractivity contribution in [3.05, 3.63) is 0 Å². The molecule has 11 heavy (non-hydrogen) atoms. The maximum atomic E-state index is 10.9. The lowest BCUT2D eigenvalue weighted by Gasteiger charge is -2.12. The van der Waals surface area contributed by atoms with Gasteiger partial charge in [-0.2, -0.15) is 0 Å². The Hall–Kier alpha value is -0.650. The molecule has 0 aromatic carbocycles. The standard InChI is InChI=1S/C6H12N2O3/c7-1-6(11)8-2-4(9)5(10)3-8/h4-5,9-10H,1-3,7H2/t4-,5+. The molecule has 0 saturated carbocycles. The highest BCUT2D eigenvalue weighted by atomic mass is 16.3. The van der Waals surface area contributed by atoms with Crippen molar-refractivity contribution < 1.29 is 15.0 Å². The first kappa shape index (κ1) is 8.45. The van der Waals surface area contributed by atoms with Gasteiger partial charge < -0.3 is 20.8 Å². The van der Waals surface area contributed by atoms with E-state index in [1.165, 1.54) is 4.90 Å². The van der Waals surface area contributed by atoms with Gasteiger partial charge in [0.15, 0.2) is 0 Å². The highest BCUT2D eigenvalue weighted by Crippen LogP contribution is 2.08. The SMILES string of the molecule is NCC(=O)N1C[C@@H](O)[C@@H](O)C1. The van der Waals surface area contributed by atoms with Gasteiger partial charge in [-0.15, -0.1) is 0 Å². The summed E-state index contributed by atoms with van der Waals surface area (Å²) >= 11 is 0. The third-order valence-corrected chi connectivity index (χ3v) is 1.79. The van der Waals surface area contributed by atoms with Gasteiger partial charge in [0.25, 0.3) is 0 Å². The monoisotopic (exact) mass is 160 g/mol. The van der Waals surface area contributed by atoms with Crippen LogP contribution in [-0.4, -0.2) is 52.9 Å². The minimum atomic E-state index is -0.814. The molecule has 0 radical (unpaired) electrons. The lowest BCUT2D eigenvalue weighted by Crippen LogP contribution is -2.34. The molecule has 0 aromatic rings. The summed E-state index contributed by atoms with van der Waals surface area (Å²) < 4.78 is 0. The van der Waals surface area contributed by atoms with Crippen LogP contribution in [0.4, 0.5) is 0 Å². The van der Waals surface area contributed by atoms with Crippen LogP contribution in [0, 0.1) is 0 Å². The molecule has 0 spiro atoms. The third kappa shape index (κ3) is 1.68. The van der Waals surface area contributed by atoms with E-state index in [4.69, 9.17) is 15.9 Å². The summed E-state index contributed by atoms with van der Waals surface area (Å²) in [5, 5.41) is 18.1. The Kier molecular flexibility index (Phi) is 2.43. The van der Waals surface area contributed by atoms with E-state index in [0.717, 1.165) is 0 Å². The minimum absolute atomic E-state index is 0.0700. The van der Waals surface area contributed by atoms with Crippen LogP contribution in [0.25, 0.3) is 0 Å². The summed E-state index contributed by atoms with van der Waals surface area (Å²) in [7, 11) is 0. The largest absolute Gasteiger partial charge is 0.388 e. The average Bonchev–Trinajstić information content (AvgIpc) is 2.31. The Balaban J connectivity index is 2.46. The molecule has 5 nitrogen and oxygen atoms in total. The summed E-state index contributed by atoms with van der Waals surface area (Å²) in [5.74, 6) is -0.236. The number of hydrogen-bond donors (Lipinski definition) is 3. The van der Waals surface area contributed by atoms with Crippen LogP contribution >= 0.6 is 0 Å². The molecule has 0 unspecified atom stereocenters.